The molecular formula is C13H17NO6. The maximum Gasteiger partial charge on any atom is 0.329 e. The Morgan fingerprint density at radius 3 is 2.60 bits per heavy atom. The lowest BCUT2D eigenvalue weighted by Gasteiger charge is -2.17. The fraction of sp³-hybridized carbons (Fsp3) is 0.385. The first-order chi connectivity index (χ1) is 9.43. The number of carboxylic acid groups (broad SMARTS) is 1. The molecule has 0 aliphatic carbocycles. The number of carboxylic acids is 1. The number of amides is 1. The zero-order chi connectivity index (χ0) is 15.1. The molecule has 0 heterocycles. The second kappa shape index (κ2) is 7.34. The van der Waals surface area contributed by atoms with Crippen LogP contribution in [0.3, 0.4) is 0 Å². The van der Waals surface area contributed by atoms with E-state index in [1.54, 1.807) is 19.2 Å². The molecule has 0 spiro atoms. The third kappa shape index (κ3) is 4.77. The summed E-state index contributed by atoms with van der Waals surface area (Å²) >= 11 is 0. The summed E-state index contributed by atoms with van der Waals surface area (Å²) in [6, 6.07) is 4.77. The van der Waals surface area contributed by atoms with E-state index < -0.39 is 12.6 Å². The third-order valence-electron chi connectivity index (χ3n) is 2.54. The van der Waals surface area contributed by atoms with Crippen molar-refractivity contribution in [2.75, 3.05) is 27.4 Å². The summed E-state index contributed by atoms with van der Waals surface area (Å²) in [5.41, 5.74) is 0.772. The van der Waals surface area contributed by atoms with Crippen molar-refractivity contribution in [3.8, 4) is 11.5 Å². The molecule has 1 aromatic rings. The second-order valence-electron chi connectivity index (χ2n) is 4.14. The maximum atomic E-state index is 11.7. The van der Waals surface area contributed by atoms with Gasteiger partial charge in [-0.05, 0) is 17.7 Å². The van der Waals surface area contributed by atoms with Crippen LogP contribution in [0, 0.1) is 0 Å². The molecule has 0 bridgehead atoms. The van der Waals surface area contributed by atoms with Crippen LogP contribution in [0.1, 0.15) is 5.56 Å². The van der Waals surface area contributed by atoms with Gasteiger partial charge in [0.15, 0.2) is 11.5 Å². The monoisotopic (exact) mass is 283 g/mol. The van der Waals surface area contributed by atoms with Crippen LogP contribution in [0.25, 0.3) is 0 Å². The van der Waals surface area contributed by atoms with E-state index in [4.69, 9.17) is 14.6 Å². The van der Waals surface area contributed by atoms with Crippen LogP contribution < -0.4 is 4.74 Å². The number of hydrogen-bond acceptors (Lipinski definition) is 5. The number of carbonyl (C=O) groups excluding carboxylic acids is 1. The number of aromatic hydroxyl groups is 1. The van der Waals surface area contributed by atoms with Crippen molar-refractivity contribution < 1.29 is 29.3 Å². The number of methoxy groups -OCH3 is 1. The van der Waals surface area contributed by atoms with Gasteiger partial charge < -0.3 is 24.6 Å². The van der Waals surface area contributed by atoms with E-state index in [0.717, 1.165) is 5.56 Å². The molecule has 1 amide bonds. The van der Waals surface area contributed by atoms with E-state index in [1.807, 2.05) is 0 Å². The molecule has 2 N–H and O–H groups in total. The van der Waals surface area contributed by atoms with Crippen LogP contribution >= 0.6 is 0 Å². The fourth-order valence-electron chi connectivity index (χ4n) is 1.52. The number of phenolic OH excluding ortho intramolecular Hbond substituents is 1. The first-order valence-corrected chi connectivity index (χ1v) is 5.83. The number of benzene rings is 1. The smallest absolute Gasteiger partial charge is 0.329 e. The molecule has 1 rings (SSSR count). The molecule has 110 valence electrons. The highest BCUT2D eigenvalue weighted by Crippen LogP contribution is 2.26. The Kier molecular flexibility index (Phi) is 5.79. The van der Waals surface area contributed by atoms with E-state index in [0.29, 0.717) is 12.3 Å². The molecule has 0 fully saturated rings. The average molecular weight is 283 g/mol. The van der Waals surface area contributed by atoms with Gasteiger partial charge >= 0.3 is 5.97 Å². The molecule has 0 aromatic heterocycles. The van der Waals surface area contributed by atoms with Crippen molar-refractivity contribution in [1.29, 1.82) is 0 Å². The average Bonchev–Trinajstić information content (AvgIpc) is 2.40. The summed E-state index contributed by atoms with van der Waals surface area (Å²) in [4.78, 5) is 23.3. The Morgan fingerprint density at radius 1 is 1.30 bits per heavy atom. The van der Waals surface area contributed by atoms with Gasteiger partial charge in [-0.1, -0.05) is 6.07 Å². The van der Waals surface area contributed by atoms with E-state index >= 15 is 0 Å². The third-order valence-corrected chi connectivity index (χ3v) is 2.54. The molecule has 0 saturated heterocycles. The molecule has 0 unspecified atom stereocenters. The van der Waals surface area contributed by atoms with Crippen molar-refractivity contribution in [2.45, 2.75) is 6.54 Å². The number of likely N-dealkylation sites (N-methyl/N-ethyl adjacent to an activating group) is 1. The minimum Gasteiger partial charge on any atom is -0.504 e. The molecule has 7 heteroatoms. The number of hydrogen-bond donors (Lipinski definition) is 2. The lowest BCUT2D eigenvalue weighted by Crippen LogP contribution is -2.30. The van der Waals surface area contributed by atoms with Crippen molar-refractivity contribution in [3.63, 3.8) is 0 Å². The lowest BCUT2D eigenvalue weighted by molar-refractivity contribution is -0.145. The lowest BCUT2D eigenvalue weighted by atomic mass is 10.2. The van der Waals surface area contributed by atoms with Gasteiger partial charge in [0.2, 0.25) is 5.91 Å². The van der Waals surface area contributed by atoms with Crippen molar-refractivity contribution in [3.05, 3.63) is 23.8 Å². The first-order valence-electron chi connectivity index (χ1n) is 5.83. The highest BCUT2D eigenvalue weighted by molar-refractivity contribution is 5.77. The summed E-state index contributed by atoms with van der Waals surface area (Å²) in [6.45, 7) is -0.503. The Hall–Kier alpha value is -2.28. The van der Waals surface area contributed by atoms with E-state index in [2.05, 4.69) is 0 Å². The van der Waals surface area contributed by atoms with Crippen LogP contribution in [-0.4, -0.2) is 54.4 Å². The first kappa shape index (κ1) is 15.8. The fourth-order valence-corrected chi connectivity index (χ4v) is 1.52. The Balaban J connectivity index is 2.54. The van der Waals surface area contributed by atoms with E-state index in [-0.39, 0.29) is 18.3 Å². The van der Waals surface area contributed by atoms with E-state index in [9.17, 15) is 14.7 Å². The van der Waals surface area contributed by atoms with Crippen molar-refractivity contribution >= 4 is 11.9 Å². The highest BCUT2D eigenvalue weighted by Gasteiger charge is 2.11. The Labute approximate surface area is 116 Å². The number of rotatable bonds is 7. The summed E-state index contributed by atoms with van der Waals surface area (Å²) < 4.78 is 9.70. The molecule has 0 saturated carbocycles. The number of aliphatic carboxylic acids is 1. The van der Waals surface area contributed by atoms with Crippen LogP contribution in [0.15, 0.2) is 18.2 Å². The SMILES string of the molecule is COc1cc(CN(C)C(=O)COCC(=O)O)ccc1O. The molecule has 1 aromatic carbocycles. The normalized spacial score (nSPS) is 10.1. The summed E-state index contributed by atoms with van der Waals surface area (Å²) in [5, 5.41) is 17.9. The molecule has 20 heavy (non-hydrogen) atoms. The van der Waals surface area contributed by atoms with Gasteiger partial charge in [0.1, 0.15) is 13.2 Å². The molecule has 0 atom stereocenters. The molecule has 0 radical (unpaired) electrons. The predicted molar refractivity (Wildman–Crippen MR) is 69.6 cm³/mol. The summed E-state index contributed by atoms with van der Waals surface area (Å²) in [7, 11) is 3.01. The number of nitrogens with zero attached hydrogens (tertiary/aromatic N) is 1. The zero-order valence-corrected chi connectivity index (χ0v) is 11.3. The van der Waals surface area contributed by atoms with Crippen LogP contribution in [0.5, 0.6) is 11.5 Å². The Morgan fingerprint density at radius 2 is 2.00 bits per heavy atom. The summed E-state index contributed by atoms with van der Waals surface area (Å²) in [5.74, 6) is -1.11. The van der Waals surface area contributed by atoms with Gasteiger partial charge in [-0.25, -0.2) is 4.79 Å². The standard InChI is InChI=1S/C13H17NO6/c1-14(12(16)7-20-8-13(17)18)6-9-3-4-10(15)11(5-9)19-2/h3-5,15H,6-8H2,1-2H3,(H,17,18). The van der Waals surface area contributed by atoms with Crippen LogP contribution in [0.2, 0.25) is 0 Å². The quantitative estimate of drug-likeness (QED) is 0.754. The highest BCUT2D eigenvalue weighted by atomic mass is 16.5. The topological polar surface area (TPSA) is 96.3 Å². The van der Waals surface area contributed by atoms with Gasteiger partial charge in [-0.2, -0.15) is 0 Å². The molecule has 7 nitrogen and oxygen atoms in total. The van der Waals surface area contributed by atoms with E-state index in [1.165, 1.54) is 18.1 Å². The predicted octanol–water partition coefficient (Wildman–Crippen LogP) is 0.460. The number of phenols is 1. The minimum atomic E-state index is -1.12. The van der Waals surface area contributed by atoms with Gasteiger partial charge in [-0.3, -0.25) is 4.79 Å². The number of carbonyl (C=O) groups is 2. The minimum absolute atomic E-state index is 0.0232. The van der Waals surface area contributed by atoms with Gasteiger partial charge in [0.25, 0.3) is 0 Å². The number of ether oxygens (including phenoxy) is 2. The van der Waals surface area contributed by atoms with Crippen LogP contribution in [-0.2, 0) is 20.9 Å². The maximum absolute atomic E-state index is 11.7. The Bertz CT molecular complexity index is 488. The van der Waals surface area contributed by atoms with Gasteiger partial charge in [-0.15, -0.1) is 0 Å². The van der Waals surface area contributed by atoms with Crippen LogP contribution in [0.4, 0.5) is 0 Å². The molecule has 0 aliphatic rings. The molecule has 0 aliphatic heterocycles. The van der Waals surface area contributed by atoms with Gasteiger partial charge in [0, 0.05) is 13.6 Å². The largest absolute Gasteiger partial charge is 0.504 e. The summed E-state index contributed by atoms with van der Waals surface area (Å²) in [6.07, 6.45) is 0. The van der Waals surface area contributed by atoms with Crippen molar-refractivity contribution in [1.82, 2.24) is 4.90 Å². The van der Waals surface area contributed by atoms with Crippen molar-refractivity contribution in [2.24, 2.45) is 0 Å². The molecular weight excluding hydrogens is 266 g/mol. The van der Waals surface area contributed by atoms with Gasteiger partial charge in [0.05, 0.1) is 7.11 Å². The second-order valence-corrected chi connectivity index (χ2v) is 4.14. The zero-order valence-electron chi connectivity index (χ0n) is 11.3.